The molecule has 1 aromatic rings. The lowest BCUT2D eigenvalue weighted by molar-refractivity contribution is -0.115. The molecule has 1 amide bonds. The third-order valence-corrected chi connectivity index (χ3v) is 4.02. The first-order valence-electron chi connectivity index (χ1n) is 6.47. The number of rotatable bonds is 7. The average Bonchev–Trinajstić information content (AvgIpc) is 2.36. The van der Waals surface area contributed by atoms with Gasteiger partial charge in [0.1, 0.15) is 0 Å². The lowest BCUT2D eigenvalue weighted by Gasteiger charge is -2.06. The van der Waals surface area contributed by atoms with Crippen LogP contribution in [0.4, 0.5) is 11.4 Å². The van der Waals surface area contributed by atoms with Crippen LogP contribution < -0.4 is 11.1 Å². The van der Waals surface area contributed by atoms with Crippen molar-refractivity contribution in [3.05, 3.63) is 24.3 Å². The van der Waals surface area contributed by atoms with Crippen molar-refractivity contribution >= 4 is 28.1 Å². The summed E-state index contributed by atoms with van der Waals surface area (Å²) in [7, 11) is -0.904. The van der Waals surface area contributed by atoms with Crippen LogP contribution in [0, 0.1) is 5.92 Å². The first-order chi connectivity index (χ1) is 8.97. The van der Waals surface area contributed by atoms with E-state index in [-0.39, 0.29) is 12.3 Å². The minimum atomic E-state index is -0.904. The molecule has 0 radical (unpaired) electrons. The molecule has 3 N–H and O–H groups in total. The van der Waals surface area contributed by atoms with E-state index in [1.807, 2.05) is 0 Å². The van der Waals surface area contributed by atoms with Crippen LogP contribution in [0.2, 0.25) is 0 Å². The topological polar surface area (TPSA) is 72.2 Å². The Hall–Kier alpha value is -1.36. The van der Waals surface area contributed by atoms with Gasteiger partial charge in [-0.1, -0.05) is 13.8 Å². The van der Waals surface area contributed by atoms with E-state index in [2.05, 4.69) is 19.2 Å². The van der Waals surface area contributed by atoms with Gasteiger partial charge in [-0.2, -0.15) is 0 Å². The Bertz CT molecular complexity index is 430. The van der Waals surface area contributed by atoms with Crippen LogP contribution in [0.3, 0.4) is 0 Å². The van der Waals surface area contributed by atoms with Crippen molar-refractivity contribution in [2.75, 3.05) is 22.6 Å². The fourth-order valence-electron chi connectivity index (χ4n) is 1.47. The molecule has 1 rings (SSSR count). The predicted octanol–water partition coefficient (Wildman–Crippen LogP) is 2.39. The molecule has 5 heteroatoms. The molecule has 4 nitrogen and oxygen atoms in total. The maximum atomic E-state index is 11.7. The molecule has 0 saturated heterocycles. The van der Waals surface area contributed by atoms with Gasteiger partial charge in [-0.05, 0) is 36.6 Å². The largest absolute Gasteiger partial charge is 0.399 e. The number of hydrogen-bond donors (Lipinski definition) is 2. The van der Waals surface area contributed by atoms with Crippen molar-refractivity contribution in [1.82, 2.24) is 0 Å². The van der Waals surface area contributed by atoms with Gasteiger partial charge in [0.15, 0.2) is 0 Å². The Balaban J connectivity index is 2.28. The van der Waals surface area contributed by atoms with E-state index >= 15 is 0 Å². The van der Waals surface area contributed by atoms with Crippen molar-refractivity contribution in [3.63, 3.8) is 0 Å². The van der Waals surface area contributed by atoms with Crippen LogP contribution in [-0.4, -0.2) is 21.6 Å². The average molecular weight is 282 g/mol. The van der Waals surface area contributed by atoms with Crippen molar-refractivity contribution in [1.29, 1.82) is 0 Å². The maximum absolute atomic E-state index is 11.7. The zero-order valence-electron chi connectivity index (χ0n) is 11.5. The number of benzene rings is 1. The molecule has 0 aromatic heterocycles. The molecular weight excluding hydrogens is 260 g/mol. The SMILES string of the molecule is CC(C)CCS(=O)CCC(=O)Nc1ccc(N)cc1. The van der Waals surface area contributed by atoms with E-state index in [9.17, 15) is 9.00 Å². The number of nitrogens with two attached hydrogens (primary N) is 1. The summed E-state index contributed by atoms with van der Waals surface area (Å²) in [5.74, 6) is 1.54. The van der Waals surface area contributed by atoms with Crippen molar-refractivity contribution < 1.29 is 9.00 Å². The minimum absolute atomic E-state index is 0.109. The fraction of sp³-hybridized carbons (Fsp3) is 0.500. The number of nitrogen functional groups attached to an aromatic ring is 1. The van der Waals surface area contributed by atoms with Crippen molar-refractivity contribution in [3.8, 4) is 0 Å². The van der Waals surface area contributed by atoms with E-state index in [0.717, 1.165) is 6.42 Å². The second-order valence-electron chi connectivity index (χ2n) is 4.95. The third-order valence-electron chi connectivity index (χ3n) is 2.67. The Labute approximate surface area is 117 Å². The first-order valence-corrected chi connectivity index (χ1v) is 7.96. The highest BCUT2D eigenvalue weighted by Crippen LogP contribution is 2.10. The maximum Gasteiger partial charge on any atom is 0.225 e. The number of anilines is 2. The second-order valence-corrected chi connectivity index (χ2v) is 6.65. The molecule has 0 heterocycles. The van der Waals surface area contributed by atoms with Crippen LogP contribution in [0.15, 0.2) is 24.3 Å². The highest BCUT2D eigenvalue weighted by molar-refractivity contribution is 7.84. The van der Waals surface area contributed by atoms with Crippen LogP contribution in [0.1, 0.15) is 26.7 Å². The molecule has 0 saturated carbocycles. The van der Waals surface area contributed by atoms with Gasteiger partial charge in [0.05, 0.1) is 0 Å². The summed E-state index contributed by atoms with van der Waals surface area (Å²) in [6, 6.07) is 6.97. The van der Waals surface area contributed by atoms with Gasteiger partial charge in [-0.3, -0.25) is 9.00 Å². The molecule has 0 aliphatic heterocycles. The summed E-state index contributed by atoms with van der Waals surface area (Å²) in [5, 5.41) is 2.76. The van der Waals surface area contributed by atoms with Gasteiger partial charge in [0.2, 0.25) is 5.91 Å². The number of hydrogen-bond acceptors (Lipinski definition) is 3. The summed E-state index contributed by atoms with van der Waals surface area (Å²) >= 11 is 0. The summed E-state index contributed by atoms with van der Waals surface area (Å²) in [4.78, 5) is 11.7. The third kappa shape index (κ3) is 6.96. The van der Waals surface area contributed by atoms with Crippen LogP contribution in [-0.2, 0) is 15.6 Å². The molecule has 0 spiro atoms. The van der Waals surface area contributed by atoms with E-state index < -0.39 is 10.8 Å². The smallest absolute Gasteiger partial charge is 0.225 e. The van der Waals surface area contributed by atoms with Crippen LogP contribution in [0.25, 0.3) is 0 Å². The number of carbonyl (C=O) groups is 1. The molecule has 0 aliphatic carbocycles. The number of amides is 1. The summed E-state index contributed by atoms with van der Waals surface area (Å²) in [6.45, 7) is 4.20. The van der Waals surface area contributed by atoms with Gasteiger partial charge in [-0.15, -0.1) is 0 Å². The van der Waals surface area contributed by atoms with Gasteiger partial charge in [0, 0.05) is 40.1 Å². The lowest BCUT2D eigenvalue weighted by atomic mass is 10.2. The quantitative estimate of drug-likeness (QED) is 0.754. The Morgan fingerprint density at radius 2 is 1.89 bits per heavy atom. The fourth-order valence-corrected chi connectivity index (χ4v) is 2.82. The first kappa shape index (κ1) is 15.7. The zero-order valence-corrected chi connectivity index (χ0v) is 12.3. The van der Waals surface area contributed by atoms with Gasteiger partial charge >= 0.3 is 0 Å². The molecule has 0 fully saturated rings. The molecular formula is C14H22N2O2S. The molecule has 106 valence electrons. The van der Waals surface area contributed by atoms with E-state index in [4.69, 9.17) is 5.73 Å². The van der Waals surface area contributed by atoms with Gasteiger partial charge < -0.3 is 11.1 Å². The van der Waals surface area contributed by atoms with Gasteiger partial charge in [0.25, 0.3) is 0 Å². The molecule has 1 aromatic carbocycles. The molecule has 0 aliphatic rings. The summed E-state index contributed by atoms with van der Waals surface area (Å²) in [5.41, 5.74) is 6.94. The number of nitrogens with one attached hydrogen (secondary N) is 1. The Kier molecular flexibility index (Phi) is 6.56. The van der Waals surface area contributed by atoms with Gasteiger partial charge in [-0.25, -0.2) is 0 Å². The van der Waals surface area contributed by atoms with E-state index in [1.54, 1.807) is 24.3 Å². The standard InChI is InChI=1S/C14H22N2O2S/c1-11(2)7-9-19(18)10-8-14(17)16-13-5-3-12(15)4-6-13/h3-6,11H,7-10,15H2,1-2H3,(H,16,17). The normalized spacial score (nSPS) is 12.4. The van der Waals surface area contributed by atoms with Crippen molar-refractivity contribution in [2.45, 2.75) is 26.7 Å². The van der Waals surface area contributed by atoms with Crippen LogP contribution in [0.5, 0.6) is 0 Å². The molecule has 0 bridgehead atoms. The molecule has 1 atom stereocenters. The lowest BCUT2D eigenvalue weighted by Crippen LogP contribution is -2.16. The zero-order chi connectivity index (χ0) is 14.3. The van der Waals surface area contributed by atoms with E-state index in [1.165, 1.54) is 0 Å². The monoisotopic (exact) mass is 282 g/mol. The minimum Gasteiger partial charge on any atom is -0.399 e. The summed E-state index contributed by atoms with van der Waals surface area (Å²) in [6.07, 6.45) is 1.22. The van der Waals surface area contributed by atoms with E-state index in [0.29, 0.717) is 28.8 Å². The molecule has 19 heavy (non-hydrogen) atoms. The van der Waals surface area contributed by atoms with Crippen molar-refractivity contribution in [2.24, 2.45) is 5.92 Å². The number of carbonyl (C=O) groups excluding carboxylic acids is 1. The second kappa shape index (κ2) is 7.94. The highest BCUT2D eigenvalue weighted by Gasteiger charge is 2.07. The summed E-state index contributed by atoms with van der Waals surface area (Å²) < 4.78 is 11.7. The van der Waals surface area contributed by atoms with Crippen LogP contribution >= 0.6 is 0 Å². The molecule has 1 unspecified atom stereocenters. The highest BCUT2D eigenvalue weighted by atomic mass is 32.2. The Morgan fingerprint density at radius 1 is 1.26 bits per heavy atom. The predicted molar refractivity (Wildman–Crippen MR) is 81.4 cm³/mol. The Morgan fingerprint density at radius 3 is 2.47 bits per heavy atom.